The van der Waals surface area contributed by atoms with E-state index in [9.17, 15) is 0 Å². The molecule has 1 aliphatic heterocycles. The number of fused-ring (bicyclic) bond motifs is 1. The summed E-state index contributed by atoms with van der Waals surface area (Å²) in [5.74, 6) is 1.20. The molecule has 0 amide bonds. The van der Waals surface area contributed by atoms with Crippen molar-refractivity contribution in [3.63, 3.8) is 0 Å². The standard InChI is InChI=1S/C17H18ClNO/c1-11-6-7-12(15(18)8-11)9-16(19)14-10-20-17-5-3-2-4-13(14)17/h2-8,14,16H,9-10,19H2,1H3. The molecule has 2 aromatic carbocycles. The number of nitrogens with two attached hydrogens (primary N) is 1. The van der Waals surface area contributed by atoms with Gasteiger partial charge < -0.3 is 10.5 Å². The summed E-state index contributed by atoms with van der Waals surface area (Å²) < 4.78 is 5.71. The van der Waals surface area contributed by atoms with Crippen molar-refractivity contribution in [3.05, 3.63) is 64.2 Å². The maximum atomic E-state index is 6.39. The third-order valence-electron chi connectivity index (χ3n) is 3.92. The van der Waals surface area contributed by atoms with Crippen LogP contribution >= 0.6 is 11.6 Å². The maximum Gasteiger partial charge on any atom is 0.122 e. The van der Waals surface area contributed by atoms with Crippen LogP contribution in [0.25, 0.3) is 0 Å². The fourth-order valence-electron chi connectivity index (χ4n) is 2.76. The molecule has 1 heterocycles. The van der Waals surface area contributed by atoms with Crippen LogP contribution in [-0.2, 0) is 6.42 Å². The summed E-state index contributed by atoms with van der Waals surface area (Å²) in [6.45, 7) is 2.70. The van der Waals surface area contributed by atoms with Gasteiger partial charge in [-0.25, -0.2) is 0 Å². The number of hydrogen-bond donors (Lipinski definition) is 1. The van der Waals surface area contributed by atoms with Crippen LogP contribution in [0, 0.1) is 6.92 Å². The van der Waals surface area contributed by atoms with Gasteiger partial charge in [-0.2, -0.15) is 0 Å². The molecule has 0 bridgehead atoms. The molecule has 2 atom stereocenters. The number of benzene rings is 2. The Morgan fingerprint density at radius 1 is 1.30 bits per heavy atom. The van der Waals surface area contributed by atoms with Gasteiger partial charge in [0.1, 0.15) is 5.75 Å². The van der Waals surface area contributed by atoms with E-state index in [1.807, 2.05) is 31.2 Å². The highest BCUT2D eigenvalue weighted by atomic mass is 35.5. The molecular weight excluding hydrogens is 270 g/mol. The molecule has 2 unspecified atom stereocenters. The molecule has 1 aliphatic rings. The predicted molar refractivity (Wildman–Crippen MR) is 82.5 cm³/mol. The summed E-state index contributed by atoms with van der Waals surface area (Å²) in [5, 5.41) is 0.799. The van der Waals surface area contributed by atoms with Crippen molar-refractivity contribution >= 4 is 11.6 Å². The Hall–Kier alpha value is -1.51. The molecule has 2 aromatic rings. The van der Waals surface area contributed by atoms with Crippen molar-refractivity contribution in [2.45, 2.75) is 25.3 Å². The average Bonchev–Trinajstić information content (AvgIpc) is 2.86. The highest BCUT2D eigenvalue weighted by Gasteiger charge is 2.29. The molecule has 0 aromatic heterocycles. The molecule has 20 heavy (non-hydrogen) atoms. The van der Waals surface area contributed by atoms with E-state index in [0.717, 1.165) is 22.8 Å². The quantitative estimate of drug-likeness (QED) is 0.934. The average molecular weight is 288 g/mol. The van der Waals surface area contributed by atoms with Crippen molar-refractivity contribution < 1.29 is 4.74 Å². The first-order valence-corrected chi connectivity index (χ1v) is 7.25. The second kappa shape index (κ2) is 5.47. The molecule has 3 heteroatoms. The first-order valence-electron chi connectivity index (χ1n) is 6.87. The summed E-state index contributed by atoms with van der Waals surface area (Å²) >= 11 is 6.29. The Bertz CT molecular complexity index is 626. The monoisotopic (exact) mass is 287 g/mol. The van der Waals surface area contributed by atoms with Crippen LogP contribution < -0.4 is 10.5 Å². The number of para-hydroxylation sites is 1. The number of halogens is 1. The fraction of sp³-hybridized carbons (Fsp3) is 0.294. The van der Waals surface area contributed by atoms with E-state index in [-0.39, 0.29) is 12.0 Å². The summed E-state index contributed by atoms with van der Waals surface area (Å²) in [6.07, 6.45) is 0.765. The maximum absolute atomic E-state index is 6.39. The minimum atomic E-state index is 0.0128. The van der Waals surface area contributed by atoms with Gasteiger partial charge in [-0.05, 0) is 36.6 Å². The van der Waals surface area contributed by atoms with Crippen molar-refractivity contribution in [2.24, 2.45) is 5.73 Å². The molecule has 3 rings (SSSR count). The van der Waals surface area contributed by atoms with E-state index < -0.39 is 0 Å². The summed E-state index contributed by atoms with van der Waals surface area (Å²) in [4.78, 5) is 0. The molecule has 0 radical (unpaired) electrons. The molecule has 0 aliphatic carbocycles. The second-order valence-corrected chi connectivity index (χ2v) is 5.83. The van der Waals surface area contributed by atoms with Crippen molar-refractivity contribution in [2.75, 3.05) is 6.61 Å². The van der Waals surface area contributed by atoms with Gasteiger partial charge in [-0.3, -0.25) is 0 Å². The van der Waals surface area contributed by atoms with E-state index in [4.69, 9.17) is 22.1 Å². The van der Waals surface area contributed by atoms with E-state index in [0.29, 0.717) is 6.61 Å². The van der Waals surface area contributed by atoms with Crippen LogP contribution in [0.2, 0.25) is 5.02 Å². The summed E-state index contributed by atoms with van der Waals surface area (Å²) in [6, 6.07) is 14.3. The lowest BCUT2D eigenvalue weighted by Gasteiger charge is -2.19. The molecule has 0 saturated carbocycles. The van der Waals surface area contributed by atoms with E-state index in [1.54, 1.807) is 0 Å². The van der Waals surface area contributed by atoms with Crippen molar-refractivity contribution in [1.29, 1.82) is 0 Å². The third-order valence-corrected chi connectivity index (χ3v) is 4.27. The highest BCUT2D eigenvalue weighted by molar-refractivity contribution is 6.31. The molecule has 104 valence electrons. The number of aryl methyl sites for hydroxylation is 1. The van der Waals surface area contributed by atoms with Crippen LogP contribution in [0.3, 0.4) is 0 Å². The van der Waals surface area contributed by atoms with Crippen LogP contribution in [-0.4, -0.2) is 12.6 Å². The first-order chi connectivity index (χ1) is 9.65. The smallest absolute Gasteiger partial charge is 0.122 e. The molecule has 2 N–H and O–H groups in total. The van der Waals surface area contributed by atoms with Gasteiger partial charge in [0, 0.05) is 22.5 Å². The molecule has 0 saturated heterocycles. The van der Waals surface area contributed by atoms with Crippen LogP contribution in [0.5, 0.6) is 5.75 Å². The molecule has 0 fully saturated rings. The highest BCUT2D eigenvalue weighted by Crippen LogP contribution is 2.36. The molecular formula is C17H18ClNO. The Morgan fingerprint density at radius 3 is 2.90 bits per heavy atom. The SMILES string of the molecule is Cc1ccc(CC(N)C2COc3ccccc32)c(Cl)c1. The van der Waals surface area contributed by atoms with Crippen LogP contribution in [0.15, 0.2) is 42.5 Å². The third kappa shape index (κ3) is 2.54. The summed E-state index contributed by atoms with van der Waals surface area (Å²) in [7, 11) is 0. The van der Waals surface area contributed by atoms with Crippen molar-refractivity contribution in [1.82, 2.24) is 0 Å². The summed E-state index contributed by atoms with van der Waals surface area (Å²) in [5.41, 5.74) is 9.88. The van der Waals surface area contributed by atoms with E-state index in [1.165, 1.54) is 11.1 Å². The van der Waals surface area contributed by atoms with Gasteiger partial charge in [0.05, 0.1) is 6.61 Å². The van der Waals surface area contributed by atoms with Crippen LogP contribution in [0.1, 0.15) is 22.6 Å². The number of hydrogen-bond acceptors (Lipinski definition) is 2. The largest absolute Gasteiger partial charge is 0.493 e. The van der Waals surface area contributed by atoms with Gasteiger partial charge in [-0.1, -0.05) is 41.9 Å². The lowest BCUT2D eigenvalue weighted by molar-refractivity contribution is 0.313. The van der Waals surface area contributed by atoms with Gasteiger partial charge in [0.15, 0.2) is 0 Å². The first kappa shape index (κ1) is 13.5. The van der Waals surface area contributed by atoms with Gasteiger partial charge >= 0.3 is 0 Å². The van der Waals surface area contributed by atoms with Crippen molar-refractivity contribution in [3.8, 4) is 5.75 Å². The Balaban J connectivity index is 1.79. The number of rotatable bonds is 3. The predicted octanol–water partition coefficient (Wildman–Crippen LogP) is 3.69. The van der Waals surface area contributed by atoms with Gasteiger partial charge in [0.2, 0.25) is 0 Å². The van der Waals surface area contributed by atoms with E-state index in [2.05, 4.69) is 18.2 Å². The van der Waals surface area contributed by atoms with E-state index >= 15 is 0 Å². The lowest BCUT2D eigenvalue weighted by atomic mass is 9.89. The number of ether oxygens (including phenoxy) is 1. The normalized spacial score (nSPS) is 18.4. The fourth-order valence-corrected chi connectivity index (χ4v) is 3.07. The zero-order chi connectivity index (χ0) is 14.1. The Morgan fingerprint density at radius 2 is 2.10 bits per heavy atom. The van der Waals surface area contributed by atoms with Crippen LogP contribution in [0.4, 0.5) is 0 Å². The minimum Gasteiger partial charge on any atom is -0.493 e. The van der Waals surface area contributed by atoms with Gasteiger partial charge in [-0.15, -0.1) is 0 Å². The van der Waals surface area contributed by atoms with Gasteiger partial charge in [0.25, 0.3) is 0 Å². The molecule has 2 nitrogen and oxygen atoms in total. The Kier molecular flexibility index (Phi) is 3.68. The lowest BCUT2D eigenvalue weighted by Crippen LogP contribution is -2.31. The zero-order valence-electron chi connectivity index (χ0n) is 11.5. The topological polar surface area (TPSA) is 35.2 Å². The Labute approximate surface area is 124 Å². The minimum absolute atomic E-state index is 0.0128. The zero-order valence-corrected chi connectivity index (χ0v) is 12.2. The molecule has 0 spiro atoms. The second-order valence-electron chi connectivity index (χ2n) is 5.42.